The van der Waals surface area contributed by atoms with E-state index in [1.165, 1.54) is 22.3 Å². The van der Waals surface area contributed by atoms with Gasteiger partial charge in [0.05, 0.1) is 34.0 Å². The molecule has 282 valence electrons. The maximum Gasteiger partial charge on any atom is 0.208 e. The van der Waals surface area contributed by atoms with Crippen molar-refractivity contribution in [1.82, 2.24) is 9.55 Å². The Morgan fingerprint density at radius 2 is 1.14 bits per heavy atom. The lowest BCUT2D eigenvalue weighted by molar-refractivity contribution is 0.211. The molecule has 2 aromatic heterocycles. The zero-order chi connectivity index (χ0) is 39.5. The van der Waals surface area contributed by atoms with Crippen LogP contribution >= 0.6 is 0 Å². The lowest BCUT2D eigenvalue weighted by Gasteiger charge is -2.29. The summed E-state index contributed by atoms with van der Waals surface area (Å²) in [4.78, 5) is 10.6. The van der Waals surface area contributed by atoms with Gasteiger partial charge in [0.2, 0.25) is 5.88 Å². The van der Waals surface area contributed by atoms with Gasteiger partial charge in [-0.05, 0) is 76.7 Å². The highest BCUT2D eigenvalue weighted by Gasteiger charge is 2.35. The Balaban J connectivity index is 1.05. The number of dihydropyridines is 1. The van der Waals surface area contributed by atoms with Crippen molar-refractivity contribution in [1.29, 1.82) is 0 Å². The molecule has 2 aliphatic heterocycles. The van der Waals surface area contributed by atoms with E-state index in [4.69, 9.17) is 14.7 Å². The SMILES string of the molecule is CC1Oc2c(c3ccccc3n2-c2cccc(-c3cccc(C4=CC(c5ccccc5)=NC(c5ccccc5)[C@@H]4C)c3)c2)-c2c1c(-c1ccccc1)nc1ccccc21. The minimum Gasteiger partial charge on any atom is -0.470 e. The highest BCUT2D eigenvalue weighted by molar-refractivity contribution is 6.14. The summed E-state index contributed by atoms with van der Waals surface area (Å²) in [6, 6.07) is 66.9. The minimum absolute atomic E-state index is 0.00999. The van der Waals surface area contributed by atoms with Crippen LogP contribution in [0.3, 0.4) is 0 Å². The topological polar surface area (TPSA) is 39.4 Å². The molecule has 4 heterocycles. The van der Waals surface area contributed by atoms with Crippen molar-refractivity contribution in [3.05, 3.63) is 216 Å². The number of fused-ring (bicyclic) bond motifs is 7. The largest absolute Gasteiger partial charge is 0.470 e. The van der Waals surface area contributed by atoms with Gasteiger partial charge in [0, 0.05) is 39.1 Å². The van der Waals surface area contributed by atoms with Crippen LogP contribution < -0.4 is 4.74 Å². The van der Waals surface area contributed by atoms with Gasteiger partial charge in [-0.15, -0.1) is 0 Å². The lowest BCUT2D eigenvalue weighted by atomic mass is 9.81. The summed E-state index contributed by atoms with van der Waals surface area (Å²) in [6.07, 6.45) is 2.06. The van der Waals surface area contributed by atoms with Crippen molar-refractivity contribution in [2.75, 3.05) is 0 Å². The quantitative estimate of drug-likeness (QED) is 0.169. The Kier molecular flexibility index (Phi) is 8.44. The Morgan fingerprint density at radius 1 is 0.525 bits per heavy atom. The highest BCUT2D eigenvalue weighted by Crippen LogP contribution is 2.53. The van der Waals surface area contributed by atoms with E-state index in [1.807, 2.05) is 0 Å². The Labute approximate surface area is 344 Å². The fraction of sp³-hybridized carbons (Fsp3) is 0.0909. The molecule has 0 bridgehead atoms. The zero-order valence-corrected chi connectivity index (χ0v) is 33.0. The summed E-state index contributed by atoms with van der Waals surface area (Å²) >= 11 is 0. The molecular weight excluding hydrogens is 719 g/mol. The molecule has 59 heavy (non-hydrogen) atoms. The van der Waals surface area contributed by atoms with Crippen LogP contribution in [0.1, 0.15) is 48.2 Å². The van der Waals surface area contributed by atoms with E-state index in [-0.39, 0.29) is 18.1 Å². The molecule has 0 spiro atoms. The van der Waals surface area contributed by atoms with Gasteiger partial charge in [-0.25, -0.2) is 4.98 Å². The minimum atomic E-state index is -0.234. The first kappa shape index (κ1) is 34.9. The normalized spacial score (nSPS) is 17.2. The van der Waals surface area contributed by atoms with Crippen LogP contribution in [0.5, 0.6) is 5.88 Å². The first-order valence-corrected chi connectivity index (χ1v) is 20.5. The number of ether oxygens (including phenoxy) is 1. The fourth-order valence-corrected chi connectivity index (χ4v) is 9.34. The van der Waals surface area contributed by atoms with Crippen LogP contribution in [-0.2, 0) is 0 Å². The van der Waals surface area contributed by atoms with Gasteiger partial charge in [-0.1, -0.05) is 165 Å². The van der Waals surface area contributed by atoms with E-state index >= 15 is 0 Å². The van der Waals surface area contributed by atoms with E-state index in [0.29, 0.717) is 0 Å². The number of rotatable bonds is 6. The molecule has 0 N–H and O–H groups in total. The van der Waals surface area contributed by atoms with E-state index in [0.717, 1.165) is 78.2 Å². The van der Waals surface area contributed by atoms with Crippen molar-refractivity contribution in [2.45, 2.75) is 26.0 Å². The maximum absolute atomic E-state index is 7.09. The summed E-state index contributed by atoms with van der Waals surface area (Å²) in [6.45, 7) is 4.47. The van der Waals surface area contributed by atoms with Crippen molar-refractivity contribution in [2.24, 2.45) is 10.9 Å². The third-order valence-electron chi connectivity index (χ3n) is 12.1. The molecule has 0 aliphatic carbocycles. The van der Waals surface area contributed by atoms with E-state index in [2.05, 4.69) is 213 Å². The number of hydrogen-bond donors (Lipinski definition) is 0. The van der Waals surface area contributed by atoms with Crippen LogP contribution in [-0.4, -0.2) is 15.3 Å². The second-order valence-electron chi connectivity index (χ2n) is 15.7. The van der Waals surface area contributed by atoms with E-state index in [9.17, 15) is 0 Å². The molecule has 0 radical (unpaired) electrons. The average molecular weight is 760 g/mol. The summed E-state index contributed by atoms with van der Waals surface area (Å²) in [5, 5.41) is 2.29. The first-order chi connectivity index (χ1) is 29.1. The molecule has 4 heteroatoms. The number of nitrogens with zero attached hydrogens (tertiary/aromatic N) is 3. The van der Waals surface area contributed by atoms with Crippen LogP contribution in [0.25, 0.3) is 66.6 Å². The fourth-order valence-electron chi connectivity index (χ4n) is 9.34. The molecule has 2 unspecified atom stereocenters. The van der Waals surface area contributed by atoms with Gasteiger partial charge in [-0.3, -0.25) is 9.56 Å². The van der Waals surface area contributed by atoms with Crippen LogP contribution in [0.2, 0.25) is 0 Å². The highest BCUT2D eigenvalue weighted by atomic mass is 16.5. The van der Waals surface area contributed by atoms with Gasteiger partial charge < -0.3 is 4.74 Å². The zero-order valence-electron chi connectivity index (χ0n) is 33.0. The number of aromatic nitrogens is 2. The second-order valence-corrected chi connectivity index (χ2v) is 15.7. The van der Waals surface area contributed by atoms with Gasteiger partial charge in [0.15, 0.2) is 0 Å². The van der Waals surface area contributed by atoms with Crippen molar-refractivity contribution >= 4 is 33.1 Å². The monoisotopic (exact) mass is 759 g/mol. The second kappa shape index (κ2) is 14.3. The third kappa shape index (κ3) is 5.90. The number of hydrogen-bond acceptors (Lipinski definition) is 3. The molecule has 0 fully saturated rings. The van der Waals surface area contributed by atoms with Gasteiger partial charge in [0.25, 0.3) is 0 Å². The summed E-state index contributed by atoms with van der Waals surface area (Å²) in [5.74, 6) is 1.04. The maximum atomic E-state index is 7.09. The number of aliphatic imine (C=N–C) groups is 1. The van der Waals surface area contributed by atoms with Crippen LogP contribution in [0, 0.1) is 5.92 Å². The van der Waals surface area contributed by atoms with Gasteiger partial charge in [-0.2, -0.15) is 0 Å². The number of allylic oxidation sites excluding steroid dienone is 1. The summed E-state index contributed by atoms with van der Waals surface area (Å²) in [5.41, 5.74) is 16.8. The molecule has 3 atom stereocenters. The molecule has 4 nitrogen and oxygen atoms in total. The Bertz CT molecular complexity index is 3110. The molecule has 0 amide bonds. The van der Waals surface area contributed by atoms with Crippen LogP contribution in [0.4, 0.5) is 0 Å². The molecular formula is C55H41N3O. The third-order valence-corrected chi connectivity index (χ3v) is 12.1. The molecule has 0 saturated carbocycles. The first-order valence-electron chi connectivity index (χ1n) is 20.5. The Hall–Kier alpha value is -7.30. The molecule has 11 rings (SSSR count). The molecule has 9 aromatic rings. The van der Waals surface area contributed by atoms with Gasteiger partial charge in [0.1, 0.15) is 6.10 Å². The van der Waals surface area contributed by atoms with Crippen molar-refractivity contribution in [3.8, 4) is 45.1 Å². The smallest absolute Gasteiger partial charge is 0.208 e. The van der Waals surface area contributed by atoms with E-state index < -0.39 is 0 Å². The lowest BCUT2D eigenvalue weighted by Crippen LogP contribution is -2.18. The number of pyridine rings is 1. The van der Waals surface area contributed by atoms with Crippen molar-refractivity contribution in [3.63, 3.8) is 0 Å². The predicted molar refractivity (Wildman–Crippen MR) is 243 cm³/mol. The van der Waals surface area contributed by atoms with Gasteiger partial charge >= 0.3 is 0 Å². The predicted octanol–water partition coefficient (Wildman–Crippen LogP) is 13.9. The Morgan fingerprint density at radius 3 is 1.92 bits per heavy atom. The molecule has 7 aromatic carbocycles. The number of benzene rings is 7. The summed E-state index contributed by atoms with van der Waals surface area (Å²) in [7, 11) is 0. The van der Waals surface area contributed by atoms with E-state index in [1.54, 1.807) is 0 Å². The molecule has 0 saturated heterocycles. The van der Waals surface area contributed by atoms with Crippen molar-refractivity contribution < 1.29 is 4.74 Å². The average Bonchev–Trinajstić information content (AvgIpc) is 3.63. The molecule has 2 aliphatic rings. The van der Waals surface area contributed by atoms with Crippen LogP contribution in [0.15, 0.2) is 199 Å². The standard InChI is InChI=1S/C55H41N3O/c1-35-46(34-48(37-18-6-3-7-19-37)57-53(35)38-20-8-4-9-21-38)42-26-16-24-40(32-42)41-25-17-27-43(33-41)58-49-31-15-13-29-45(49)52-51-44-28-12-14-30-47(44)56-54(39-22-10-5-11-23-39)50(51)36(2)59-55(52)58/h3-36,53H,1-2H3/t35-,36?,53?/m1/s1. The summed E-state index contributed by atoms with van der Waals surface area (Å²) < 4.78 is 9.41. The number of para-hydroxylation sites is 2.